The molecule has 2 unspecified atom stereocenters. The monoisotopic (exact) mass is 410 g/mol. The Morgan fingerprint density at radius 3 is 2.19 bits per heavy atom. The van der Waals surface area contributed by atoms with Crippen molar-refractivity contribution in [3.05, 3.63) is 102 Å². The molecule has 3 aromatic carbocycles. The Labute approximate surface area is 183 Å². The maximum Gasteiger partial charge on any atom is 0.251 e. The Bertz CT molecular complexity index is 1090. The zero-order valence-corrected chi connectivity index (χ0v) is 17.8. The molecule has 31 heavy (non-hydrogen) atoms. The Morgan fingerprint density at radius 2 is 1.52 bits per heavy atom. The summed E-state index contributed by atoms with van der Waals surface area (Å²) in [6.45, 7) is 3.64. The minimum absolute atomic E-state index is 0.0121. The first-order chi connectivity index (χ1) is 15.1. The molecule has 4 rings (SSSR count). The van der Waals surface area contributed by atoms with Crippen molar-refractivity contribution in [1.29, 1.82) is 0 Å². The topological polar surface area (TPSA) is 40.6 Å². The first-order valence-electron chi connectivity index (χ1n) is 10.6. The van der Waals surface area contributed by atoms with Gasteiger partial charge in [0.05, 0.1) is 6.04 Å². The number of nitrogens with zero attached hydrogens (tertiary/aromatic N) is 2. The summed E-state index contributed by atoms with van der Waals surface area (Å²) in [5.41, 5.74) is 3.70. The molecule has 156 valence electrons. The SMILES string of the molecule is CC(=O)N(c1ccccc1)C1CC(C)N(C(=O)/C=C/c2ccccc2)c2ccccc21. The van der Waals surface area contributed by atoms with Crippen LogP contribution in [0.5, 0.6) is 0 Å². The molecule has 0 saturated heterocycles. The fraction of sp³-hybridized carbons (Fsp3) is 0.185. The Kier molecular flexibility index (Phi) is 5.99. The van der Waals surface area contributed by atoms with E-state index in [1.807, 2.05) is 108 Å². The summed E-state index contributed by atoms with van der Waals surface area (Å²) < 4.78 is 0. The smallest absolute Gasteiger partial charge is 0.251 e. The fourth-order valence-electron chi connectivity index (χ4n) is 4.34. The zero-order chi connectivity index (χ0) is 21.8. The molecule has 0 aliphatic carbocycles. The summed E-state index contributed by atoms with van der Waals surface area (Å²) in [5, 5.41) is 0. The van der Waals surface area contributed by atoms with Crippen LogP contribution in [0, 0.1) is 0 Å². The zero-order valence-electron chi connectivity index (χ0n) is 17.8. The van der Waals surface area contributed by atoms with Crippen LogP contribution in [0.2, 0.25) is 0 Å². The molecule has 1 aliphatic rings. The van der Waals surface area contributed by atoms with Crippen LogP contribution < -0.4 is 9.80 Å². The van der Waals surface area contributed by atoms with E-state index in [2.05, 4.69) is 0 Å². The second-order valence-corrected chi connectivity index (χ2v) is 7.84. The summed E-state index contributed by atoms with van der Waals surface area (Å²) in [6, 6.07) is 27.2. The summed E-state index contributed by atoms with van der Waals surface area (Å²) in [7, 11) is 0. The number of fused-ring (bicyclic) bond motifs is 1. The van der Waals surface area contributed by atoms with Gasteiger partial charge in [0.15, 0.2) is 0 Å². The largest absolute Gasteiger partial charge is 0.306 e. The highest BCUT2D eigenvalue weighted by Gasteiger charge is 2.37. The van der Waals surface area contributed by atoms with Gasteiger partial charge in [-0.2, -0.15) is 0 Å². The fourth-order valence-corrected chi connectivity index (χ4v) is 4.34. The number of hydrogen-bond acceptors (Lipinski definition) is 2. The van der Waals surface area contributed by atoms with E-state index in [1.165, 1.54) is 0 Å². The van der Waals surface area contributed by atoms with Crippen molar-refractivity contribution in [3.8, 4) is 0 Å². The molecule has 1 heterocycles. The van der Waals surface area contributed by atoms with Gasteiger partial charge in [-0.1, -0.05) is 66.7 Å². The van der Waals surface area contributed by atoms with Gasteiger partial charge >= 0.3 is 0 Å². The number of anilines is 2. The van der Waals surface area contributed by atoms with Gasteiger partial charge in [0, 0.05) is 30.4 Å². The third-order valence-electron chi connectivity index (χ3n) is 5.70. The first-order valence-corrected chi connectivity index (χ1v) is 10.6. The Balaban J connectivity index is 1.70. The van der Waals surface area contributed by atoms with Gasteiger partial charge in [-0.25, -0.2) is 0 Å². The van der Waals surface area contributed by atoms with Crippen molar-refractivity contribution in [2.24, 2.45) is 0 Å². The van der Waals surface area contributed by atoms with Gasteiger partial charge in [-0.3, -0.25) is 9.59 Å². The Hall–Kier alpha value is -3.66. The number of carbonyl (C=O) groups is 2. The van der Waals surface area contributed by atoms with E-state index in [-0.39, 0.29) is 23.9 Å². The minimum atomic E-state index is -0.131. The molecule has 0 spiro atoms. The van der Waals surface area contributed by atoms with Crippen molar-refractivity contribution in [2.45, 2.75) is 32.4 Å². The second-order valence-electron chi connectivity index (χ2n) is 7.84. The van der Waals surface area contributed by atoms with Crippen LogP contribution in [0.3, 0.4) is 0 Å². The quantitative estimate of drug-likeness (QED) is 0.524. The molecule has 0 aromatic heterocycles. The molecule has 2 atom stereocenters. The predicted octanol–water partition coefficient (Wildman–Crippen LogP) is 5.62. The third-order valence-corrected chi connectivity index (χ3v) is 5.70. The van der Waals surface area contributed by atoms with Crippen LogP contribution in [0.25, 0.3) is 6.08 Å². The van der Waals surface area contributed by atoms with Crippen molar-refractivity contribution < 1.29 is 9.59 Å². The predicted molar refractivity (Wildman–Crippen MR) is 126 cm³/mol. The van der Waals surface area contributed by atoms with Crippen molar-refractivity contribution in [3.63, 3.8) is 0 Å². The molecule has 3 aromatic rings. The highest BCUT2D eigenvalue weighted by molar-refractivity contribution is 6.05. The summed E-state index contributed by atoms with van der Waals surface area (Å²) in [4.78, 5) is 29.5. The summed E-state index contributed by atoms with van der Waals surface area (Å²) in [6.07, 6.45) is 4.13. The van der Waals surface area contributed by atoms with Crippen LogP contribution in [0.1, 0.15) is 37.4 Å². The van der Waals surface area contributed by atoms with Crippen molar-refractivity contribution in [1.82, 2.24) is 0 Å². The maximum absolute atomic E-state index is 13.2. The summed E-state index contributed by atoms with van der Waals surface area (Å²) in [5.74, 6) is -0.0710. The molecule has 0 saturated carbocycles. The molecular weight excluding hydrogens is 384 g/mol. The van der Waals surface area contributed by atoms with Gasteiger partial charge in [-0.15, -0.1) is 0 Å². The minimum Gasteiger partial charge on any atom is -0.306 e. The number of para-hydroxylation sites is 2. The molecular formula is C27H26N2O2. The average molecular weight is 411 g/mol. The van der Waals surface area contributed by atoms with Gasteiger partial charge < -0.3 is 9.80 Å². The van der Waals surface area contributed by atoms with E-state index in [9.17, 15) is 9.59 Å². The van der Waals surface area contributed by atoms with Crippen molar-refractivity contribution in [2.75, 3.05) is 9.80 Å². The molecule has 1 aliphatic heterocycles. The van der Waals surface area contributed by atoms with Crippen molar-refractivity contribution >= 4 is 29.3 Å². The van der Waals surface area contributed by atoms with Gasteiger partial charge in [0.1, 0.15) is 0 Å². The van der Waals surface area contributed by atoms with Crippen LogP contribution >= 0.6 is 0 Å². The van der Waals surface area contributed by atoms with E-state index in [0.717, 1.165) is 22.5 Å². The summed E-state index contributed by atoms with van der Waals surface area (Å²) >= 11 is 0. The lowest BCUT2D eigenvalue weighted by atomic mass is 9.89. The second kappa shape index (κ2) is 9.00. The lowest BCUT2D eigenvalue weighted by molar-refractivity contribution is -0.117. The molecule has 0 bridgehead atoms. The normalized spacial score (nSPS) is 17.9. The van der Waals surface area contributed by atoms with E-state index in [0.29, 0.717) is 6.42 Å². The molecule has 0 radical (unpaired) electrons. The Morgan fingerprint density at radius 1 is 0.903 bits per heavy atom. The number of carbonyl (C=O) groups excluding carboxylic acids is 2. The van der Waals surface area contributed by atoms with Crippen LogP contribution in [-0.2, 0) is 9.59 Å². The number of benzene rings is 3. The molecule has 2 amide bonds. The lowest BCUT2D eigenvalue weighted by Crippen LogP contribution is -2.47. The van der Waals surface area contributed by atoms with E-state index in [4.69, 9.17) is 0 Å². The van der Waals surface area contributed by atoms with E-state index in [1.54, 1.807) is 13.0 Å². The first kappa shape index (κ1) is 20.6. The van der Waals surface area contributed by atoms with E-state index < -0.39 is 0 Å². The molecule has 0 N–H and O–H groups in total. The average Bonchev–Trinajstić information content (AvgIpc) is 2.79. The lowest BCUT2D eigenvalue weighted by Gasteiger charge is -2.43. The van der Waals surface area contributed by atoms with Crippen LogP contribution in [-0.4, -0.2) is 17.9 Å². The standard InChI is InChI=1S/C27H26N2O2/c1-20-19-26(29(21(2)30)23-13-7-4-8-14-23)24-15-9-10-16-25(24)28(20)27(31)18-17-22-11-5-3-6-12-22/h3-18,20,26H,19H2,1-2H3/b18-17+. The van der Waals surface area contributed by atoms with Gasteiger partial charge in [0.2, 0.25) is 5.91 Å². The highest BCUT2D eigenvalue weighted by Crippen LogP contribution is 2.42. The van der Waals surface area contributed by atoms with Gasteiger partial charge in [-0.05, 0) is 48.7 Å². The third kappa shape index (κ3) is 4.29. The highest BCUT2D eigenvalue weighted by atomic mass is 16.2. The van der Waals surface area contributed by atoms with E-state index >= 15 is 0 Å². The number of hydrogen-bond donors (Lipinski definition) is 0. The molecule has 4 heteroatoms. The molecule has 4 nitrogen and oxygen atoms in total. The van der Waals surface area contributed by atoms with Crippen LogP contribution in [0.15, 0.2) is 91.0 Å². The van der Waals surface area contributed by atoms with Crippen LogP contribution in [0.4, 0.5) is 11.4 Å². The number of amides is 2. The maximum atomic E-state index is 13.2. The number of rotatable bonds is 4. The van der Waals surface area contributed by atoms with Gasteiger partial charge in [0.25, 0.3) is 5.91 Å². The molecule has 0 fully saturated rings.